The van der Waals surface area contributed by atoms with Gasteiger partial charge in [-0.05, 0) is 48.2 Å². The number of carbonyl (C=O) groups excluding carboxylic acids is 2. The fourth-order valence-corrected chi connectivity index (χ4v) is 5.55. The maximum Gasteiger partial charge on any atom is 0.258 e. The van der Waals surface area contributed by atoms with Gasteiger partial charge in [0.25, 0.3) is 5.91 Å². The molecule has 0 saturated carbocycles. The summed E-state index contributed by atoms with van der Waals surface area (Å²) in [5.41, 5.74) is 2.62. The molecule has 2 amide bonds. The van der Waals surface area contributed by atoms with Crippen LogP contribution in [0.2, 0.25) is 0 Å². The second-order valence-corrected chi connectivity index (χ2v) is 12.4. The Bertz CT molecular complexity index is 1090. The Labute approximate surface area is 273 Å². The van der Waals surface area contributed by atoms with Crippen molar-refractivity contribution in [3.8, 4) is 22.9 Å². The smallest absolute Gasteiger partial charge is 0.258 e. The molecule has 0 radical (unpaired) electrons. The summed E-state index contributed by atoms with van der Waals surface area (Å²) in [5.74, 6) is 0.176. The van der Waals surface area contributed by atoms with Crippen LogP contribution in [0.1, 0.15) is 141 Å². The summed E-state index contributed by atoms with van der Waals surface area (Å²) >= 11 is 0. The summed E-state index contributed by atoms with van der Waals surface area (Å²) in [6, 6.07) is 16.5. The van der Waals surface area contributed by atoms with Crippen molar-refractivity contribution in [1.82, 2.24) is 10.6 Å². The van der Waals surface area contributed by atoms with Gasteiger partial charge in [-0.15, -0.1) is 0 Å². The first-order valence-electron chi connectivity index (χ1n) is 17.9. The van der Waals surface area contributed by atoms with Crippen LogP contribution < -0.4 is 15.4 Å². The highest BCUT2D eigenvalue weighted by atomic mass is 16.5. The lowest BCUT2D eigenvalue weighted by atomic mass is 10.0. The molecular formula is C39H59N3O3. The van der Waals surface area contributed by atoms with E-state index < -0.39 is 6.04 Å². The molecule has 248 valence electrons. The molecule has 0 aliphatic heterocycles. The highest BCUT2D eigenvalue weighted by Gasteiger charge is 2.20. The molecule has 0 aliphatic carbocycles. The van der Waals surface area contributed by atoms with E-state index >= 15 is 0 Å². The molecule has 6 heteroatoms. The van der Waals surface area contributed by atoms with Crippen LogP contribution in [0.4, 0.5) is 0 Å². The second-order valence-electron chi connectivity index (χ2n) is 12.4. The fraction of sp³-hybridized carbons (Fsp3) is 0.615. The van der Waals surface area contributed by atoms with Gasteiger partial charge in [0, 0.05) is 6.54 Å². The van der Waals surface area contributed by atoms with Crippen LogP contribution in [0, 0.1) is 11.3 Å². The largest absolute Gasteiger partial charge is 0.484 e. The van der Waals surface area contributed by atoms with Gasteiger partial charge in [0.1, 0.15) is 11.8 Å². The van der Waals surface area contributed by atoms with E-state index in [4.69, 9.17) is 10.00 Å². The van der Waals surface area contributed by atoms with Crippen molar-refractivity contribution in [2.24, 2.45) is 0 Å². The molecule has 0 bridgehead atoms. The van der Waals surface area contributed by atoms with Gasteiger partial charge in [-0.3, -0.25) is 9.59 Å². The third-order valence-corrected chi connectivity index (χ3v) is 8.40. The first kappa shape index (κ1) is 37.9. The molecule has 0 aromatic heterocycles. The van der Waals surface area contributed by atoms with E-state index in [9.17, 15) is 9.59 Å². The van der Waals surface area contributed by atoms with Gasteiger partial charge in [-0.1, -0.05) is 147 Å². The Morgan fingerprint density at radius 1 is 0.667 bits per heavy atom. The minimum absolute atomic E-state index is 0.107. The van der Waals surface area contributed by atoms with Crippen molar-refractivity contribution in [3.05, 3.63) is 54.1 Å². The number of unbranched alkanes of at least 4 members (excludes halogenated alkanes) is 16. The Morgan fingerprint density at radius 2 is 1.13 bits per heavy atom. The third-order valence-electron chi connectivity index (χ3n) is 8.40. The summed E-state index contributed by atoms with van der Waals surface area (Å²) in [6.07, 6.45) is 23.7. The van der Waals surface area contributed by atoms with Gasteiger partial charge >= 0.3 is 0 Å². The number of hydrogen-bond donors (Lipinski definition) is 2. The van der Waals surface area contributed by atoms with Gasteiger partial charge in [-0.2, -0.15) is 5.26 Å². The van der Waals surface area contributed by atoms with Gasteiger partial charge in [0.15, 0.2) is 6.61 Å². The topological polar surface area (TPSA) is 91.2 Å². The molecule has 0 heterocycles. The number of hydrogen-bond acceptors (Lipinski definition) is 4. The molecule has 45 heavy (non-hydrogen) atoms. The lowest BCUT2D eigenvalue weighted by Crippen LogP contribution is -2.48. The van der Waals surface area contributed by atoms with Crippen molar-refractivity contribution in [1.29, 1.82) is 5.26 Å². The molecule has 0 fully saturated rings. The number of benzene rings is 2. The Balaban J connectivity index is 1.55. The molecular weight excluding hydrogens is 558 g/mol. The first-order valence-corrected chi connectivity index (χ1v) is 17.9. The van der Waals surface area contributed by atoms with Crippen molar-refractivity contribution >= 4 is 11.8 Å². The Morgan fingerprint density at radius 3 is 1.62 bits per heavy atom. The molecule has 0 unspecified atom stereocenters. The maximum atomic E-state index is 12.8. The fourth-order valence-electron chi connectivity index (χ4n) is 5.55. The monoisotopic (exact) mass is 617 g/mol. The molecule has 2 aromatic carbocycles. The summed E-state index contributed by atoms with van der Waals surface area (Å²) in [4.78, 5) is 25.5. The molecule has 2 N–H and O–H groups in total. The number of ether oxygens (including phenoxy) is 1. The molecule has 2 aromatic rings. The quantitative estimate of drug-likeness (QED) is 0.103. The average Bonchev–Trinajstić information content (AvgIpc) is 3.07. The molecule has 0 aliphatic rings. The zero-order chi connectivity index (χ0) is 32.4. The first-order chi connectivity index (χ1) is 22.1. The number of nitriles is 1. The molecule has 1 atom stereocenters. The van der Waals surface area contributed by atoms with Gasteiger partial charge in [0.05, 0.1) is 11.6 Å². The van der Waals surface area contributed by atoms with Gasteiger partial charge in [0.2, 0.25) is 5.91 Å². The standard InChI is InChI=1S/C39H59N3O3/c1-3-5-7-8-9-10-11-12-13-14-15-16-17-18-19-20-30-41-39(44)37(21-6-4-2)42-38(43)32-45-36-28-26-35(27-29-36)34-24-22-33(31-40)23-25-34/h22-29,37H,3-21,30,32H2,1-2H3,(H,41,44)(H,42,43)/t37-/m0/s1. The van der Waals surface area contributed by atoms with Crippen molar-refractivity contribution < 1.29 is 14.3 Å². The molecule has 0 spiro atoms. The molecule has 2 rings (SSSR count). The van der Waals surface area contributed by atoms with E-state index in [1.54, 1.807) is 12.1 Å². The molecule has 0 saturated heterocycles. The number of nitrogens with zero attached hydrogens (tertiary/aromatic N) is 1. The number of rotatable bonds is 26. The average molecular weight is 618 g/mol. The molecule has 6 nitrogen and oxygen atoms in total. The van der Waals surface area contributed by atoms with Crippen molar-refractivity contribution in [2.75, 3.05) is 13.2 Å². The predicted molar refractivity (Wildman–Crippen MR) is 186 cm³/mol. The highest BCUT2D eigenvalue weighted by Crippen LogP contribution is 2.23. The van der Waals surface area contributed by atoms with Gasteiger partial charge < -0.3 is 15.4 Å². The number of nitrogens with one attached hydrogen (secondary N) is 2. The summed E-state index contributed by atoms with van der Waals surface area (Å²) in [7, 11) is 0. The number of carbonyl (C=O) groups is 2. The number of amides is 2. The van der Waals surface area contributed by atoms with E-state index in [0.717, 1.165) is 36.8 Å². The van der Waals surface area contributed by atoms with Crippen molar-refractivity contribution in [2.45, 2.75) is 142 Å². The van der Waals surface area contributed by atoms with Crippen LogP contribution in [0.5, 0.6) is 5.75 Å². The van der Waals surface area contributed by atoms with E-state index in [-0.39, 0.29) is 18.4 Å². The Kier molecular flexibility index (Phi) is 21.0. The van der Waals surface area contributed by atoms with Crippen LogP contribution in [0.15, 0.2) is 48.5 Å². The normalized spacial score (nSPS) is 11.5. The van der Waals surface area contributed by atoms with E-state index in [0.29, 0.717) is 24.3 Å². The van der Waals surface area contributed by atoms with E-state index in [2.05, 4.69) is 30.6 Å². The van der Waals surface area contributed by atoms with Crippen molar-refractivity contribution in [3.63, 3.8) is 0 Å². The highest BCUT2D eigenvalue weighted by molar-refractivity contribution is 5.88. The second kappa shape index (κ2) is 24.9. The van der Waals surface area contributed by atoms with Gasteiger partial charge in [-0.25, -0.2) is 0 Å². The van der Waals surface area contributed by atoms with Crippen LogP contribution in [0.3, 0.4) is 0 Å². The van der Waals surface area contributed by atoms with E-state index in [1.165, 1.54) is 89.9 Å². The van der Waals surface area contributed by atoms with Crippen LogP contribution in [-0.2, 0) is 9.59 Å². The summed E-state index contributed by atoms with van der Waals surface area (Å²) in [6.45, 7) is 4.86. The third kappa shape index (κ3) is 17.7. The lowest BCUT2D eigenvalue weighted by Gasteiger charge is -2.18. The Hall–Kier alpha value is -3.33. The van der Waals surface area contributed by atoms with Crippen LogP contribution >= 0.6 is 0 Å². The van der Waals surface area contributed by atoms with E-state index in [1.807, 2.05) is 36.4 Å². The summed E-state index contributed by atoms with van der Waals surface area (Å²) in [5, 5.41) is 14.9. The lowest BCUT2D eigenvalue weighted by molar-refractivity contribution is -0.130. The minimum atomic E-state index is -0.541. The maximum absolute atomic E-state index is 12.8. The SMILES string of the molecule is CCCCCCCCCCCCCCCCCCNC(=O)[C@H](CCCC)NC(=O)COc1ccc(-c2ccc(C#N)cc2)cc1. The minimum Gasteiger partial charge on any atom is -0.484 e. The summed E-state index contributed by atoms with van der Waals surface area (Å²) < 4.78 is 5.69. The van der Waals surface area contributed by atoms with Crippen LogP contribution in [-0.4, -0.2) is 31.0 Å². The zero-order valence-corrected chi connectivity index (χ0v) is 28.2. The van der Waals surface area contributed by atoms with Crippen LogP contribution in [0.25, 0.3) is 11.1 Å². The zero-order valence-electron chi connectivity index (χ0n) is 28.2. The predicted octanol–water partition coefficient (Wildman–Crippen LogP) is 9.66.